The van der Waals surface area contributed by atoms with E-state index >= 15 is 0 Å². The molecule has 6 nitrogen and oxygen atoms in total. The van der Waals surface area contributed by atoms with Crippen molar-refractivity contribution in [1.29, 1.82) is 0 Å². The van der Waals surface area contributed by atoms with E-state index in [1.807, 2.05) is 0 Å². The Hall–Kier alpha value is -1.92. The number of aldehydes is 1. The van der Waals surface area contributed by atoms with E-state index in [0.717, 1.165) is 0 Å². The molecule has 0 amide bonds. The lowest BCUT2D eigenvalue weighted by Gasteiger charge is -2.16. The van der Waals surface area contributed by atoms with E-state index < -0.39 is 24.6 Å². The second-order valence-corrected chi connectivity index (χ2v) is 3.55. The lowest BCUT2D eigenvalue weighted by molar-refractivity contribution is -0.141. The minimum Gasteiger partial charge on any atom is -0.507 e. The van der Waals surface area contributed by atoms with Gasteiger partial charge in [-0.3, -0.25) is 9.59 Å². The maximum Gasteiger partial charge on any atom is 0.306 e. The molecule has 0 spiro atoms. The van der Waals surface area contributed by atoms with Gasteiger partial charge in [-0.25, -0.2) is 0 Å². The number of carboxylic acids is 1. The molecule has 1 rings (SSSR count). The van der Waals surface area contributed by atoms with Crippen LogP contribution in [0.4, 0.5) is 0 Å². The van der Waals surface area contributed by atoms with Crippen LogP contribution < -0.4 is 0 Å². The molecule has 0 aromatic heterocycles. The fourth-order valence-electron chi connectivity index (χ4n) is 1.36. The van der Waals surface area contributed by atoms with Gasteiger partial charge in [0.2, 0.25) is 0 Å². The van der Waals surface area contributed by atoms with Crippen molar-refractivity contribution in [2.24, 2.45) is 0 Å². The first kappa shape index (κ1) is 13.1. The number of hydrogen-bond acceptors (Lipinski definition) is 5. The van der Waals surface area contributed by atoms with Crippen LogP contribution in [0, 0.1) is 0 Å². The normalized spacial score (nSPS) is 14.0. The van der Waals surface area contributed by atoms with Crippen molar-refractivity contribution in [1.82, 2.24) is 0 Å². The molecule has 92 valence electrons. The van der Waals surface area contributed by atoms with E-state index in [-0.39, 0.29) is 16.9 Å². The first-order valence-electron chi connectivity index (χ1n) is 4.81. The van der Waals surface area contributed by atoms with Gasteiger partial charge in [0.1, 0.15) is 11.9 Å². The van der Waals surface area contributed by atoms with Crippen molar-refractivity contribution in [3.05, 3.63) is 29.3 Å². The van der Waals surface area contributed by atoms with E-state index in [1.165, 1.54) is 18.2 Å². The number of benzene rings is 1. The van der Waals surface area contributed by atoms with E-state index in [1.54, 1.807) is 0 Å². The number of rotatable bonds is 5. The topological polar surface area (TPSA) is 115 Å². The Balaban J connectivity index is 2.92. The average Bonchev–Trinajstić information content (AvgIpc) is 2.27. The van der Waals surface area contributed by atoms with Gasteiger partial charge >= 0.3 is 5.97 Å². The molecule has 1 aromatic carbocycles. The molecule has 0 saturated carbocycles. The third kappa shape index (κ3) is 3.27. The van der Waals surface area contributed by atoms with Crippen molar-refractivity contribution in [2.45, 2.75) is 18.6 Å². The molecule has 4 N–H and O–H groups in total. The summed E-state index contributed by atoms with van der Waals surface area (Å²) in [5, 5.41) is 36.7. The van der Waals surface area contributed by atoms with Gasteiger partial charge in [0.05, 0.1) is 18.1 Å². The average molecular weight is 240 g/mol. The molecule has 0 aliphatic heterocycles. The predicted octanol–water partition coefficient (Wildman–Crippen LogP) is 0.0737. The highest BCUT2D eigenvalue weighted by molar-refractivity contribution is 5.79. The Morgan fingerprint density at radius 1 is 1.35 bits per heavy atom. The van der Waals surface area contributed by atoms with Gasteiger partial charge < -0.3 is 20.4 Å². The Morgan fingerprint density at radius 3 is 2.53 bits per heavy atom. The monoisotopic (exact) mass is 240 g/mol. The third-order valence-electron chi connectivity index (χ3n) is 2.27. The highest BCUT2D eigenvalue weighted by atomic mass is 16.4. The zero-order valence-electron chi connectivity index (χ0n) is 8.78. The highest BCUT2D eigenvalue weighted by Gasteiger charge is 2.21. The van der Waals surface area contributed by atoms with Gasteiger partial charge in [0.15, 0.2) is 6.29 Å². The number of carbonyl (C=O) groups is 2. The summed E-state index contributed by atoms with van der Waals surface area (Å²) in [6, 6.07) is 3.69. The Morgan fingerprint density at radius 2 is 2.00 bits per heavy atom. The predicted molar refractivity (Wildman–Crippen MR) is 56.7 cm³/mol. The molecule has 6 heteroatoms. The summed E-state index contributed by atoms with van der Waals surface area (Å²) < 4.78 is 0. The van der Waals surface area contributed by atoms with Crippen LogP contribution in [0.3, 0.4) is 0 Å². The number of phenolic OH excluding ortho intramolecular Hbond substituents is 1. The largest absolute Gasteiger partial charge is 0.507 e. The van der Waals surface area contributed by atoms with Crippen molar-refractivity contribution in [2.75, 3.05) is 0 Å². The van der Waals surface area contributed by atoms with Crippen LogP contribution in [0.1, 0.15) is 28.4 Å². The van der Waals surface area contributed by atoms with Crippen molar-refractivity contribution in [3.8, 4) is 5.75 Å². The van der Waals surface area contributed by atoms with Gasteiger partial charge in [0.25, 0.3) is 0 Å². The Kier molecular flexibility index (Phi) is 4.19. The number of carbonyl (C=O) groups excluding carboxylic acids is 1. The van der Waals surface area contributed by atoms with Gasteiger partial charge in [-0.1, -0.05) is 6.07 Å². The molecule has 0 saturated heterocycles. The molecular weight excluding hydrogens is 228 g/mol. The SMILES string of the molecule is O=Cc1cc(C(O)C(O)CC(=O)O)ccc1O. The lowest BCUT2D eigenvalue weighted by Crippen LogP contribution is -2.21. The highest BCUT2D eigenvalue weighted by Crippen LogP contribution is 2.24. The number of aliphatic carboxylic acids is 1. The second kappa shape index (κ2) is 5.42. The van der Waals surface area contributed by atoms with Crippen LogP contribution in [0.15, 0.2) is 18.2 Å². The number of aromatic hydroxyl groups is 1. The summed E-state index contributed by atoms with van der Waals surface area (Å²) in [5.41, 5.74) is 0.128. The summed E-state index contributed by atoms with van der Waals surface area (Å²) in [6.45, 7) is 0. The van der Waals surface area contributed by atoms with Crippen LogP contribution in [0.25, 0.3) is 0 Å². The maximum absolute atomic E-state index is 10.6. The van der Waals surface area contributed by atoms with Gasteiger partial charge in [-0.2, -0.15) is 0 Å². The van der Waals surface area contributed by atoms with E-state index in [9.17, 15) is 24.9 Å². The number of aliphatic hydroxyl groups excluding tert-OH is 2. The lowest BCUT2D eigenvalue weighted by atomic mass is 10.00. The summed E-state index contributed by atoms with van der Waals surface area (Å²) >= 11 is 0. The molecule has 1 aromatic rings. The van der Waals surface area contributed by atoms with E-state index in [4.69, 9.17) is 5.11 Å². The number of aliphatic hydroxyl groups is 2. The number of hydrogen-bond donors (Lipinski definition) is 4. The van der Waals surface area contributed by atoms with Crippen molar-refractivity contribution < 1.29 is 30.0 Å². The molecule has 17 heavy (non-hydrogen) atoms. The van der Waals surface area contributed by atoms with Crippen LogP contribution in [-0.2, 0) is 4.79 Å². The first-order valence-corrected chi connectivity index (χ1v) is 4.81. The van der Waals surface area contributed by atoms with Gasteiger partial charge in [0, 0.05) is 0 Å². The molecule has 0 heterocycles. The summed E-state index contributed by atoms with van der Waals surface area (Å²) in [5.74, 6) is -1.49. The Labute approximate surface area is 96.8 Å². The number of phenols is 1. The third-order valence-corrected chi connectivity index (χ3v) is 2.27. The zero-order valence-corrected chi connectivity index (χ0v) is 8.78. The second-order valence-electron chi connectivity index (χ2n) is 3.55. The number of carboxylic acid groups (broad SMARTS) is 1. The van der Waals surface area contributed by atoms with Crippen LogP contribution in [0.2, 0.25) is 0 Å². The summed E-state index contributed by atoms with van der Waals surface area (Å²) in [7, 11) is 0. The Bertz CT molecular complexity index is 428. The molecule has 0 fully saturated rings. The quantitative estimate of drug-likeness (QED) is 0.541. The molecule has 0 radical (unpaired) electrons. The van der Waals surface area contributed by atoms with Gasteiger partial charge in [-0.05, 0) is 17.7 Å². The standard InChI is InChI=1S/C11H12O6/c12-5-7-3-6(1-2-8(7)13)11(17)9(14)4-10(15)16/h1-3,5,9,11,13-14,17H,4H2,(H,15,16). The van der Waals surface area contributed by atoms with Crippen molar-refractivity contribution in [3.63, 3.8) is 0 Å². The smallest absolute Gasteiger partial charge is 0.306 e. The summed E-state index contributed by atoms with van der Waals surface area (Å²) in [6.07, 6.45) is -3.12. The molecular formula is C11H12O6. The fourth-order valence-corrected chi connectivity index (χ4v) is 1.36. The first-order chi connectivity index (χ1) is 7.95. The van der Waals surface area contributed by atoms with Crippen LogP contribution >= 0.6 is 0 Å². The van der Waals surface area contributed by atoms with E-state index in [2.05, 4.69) is 0 Å². The van der Waals surface area contributed by atoms with E-state index in [0.29, 0.717) is 6.29 Å². The van der Waals surface area contributed by atoms with Crippen LogP contribution in [0.5, 0.6) is 5.75 Å². The molecule has 0 bridgehead atoms. The fraction of sp³-hybridized carbons (Fsp3) is 0.273. The molecule has 0 aliphatic carbocycles. The molecule has 0 aliphatic rings. The van der Waals surface area contributed by atoms with Gasteiger partial charge in [-0.15, -0.1) is 0 Å². The molecule has 2 atom stereocenters. The minimum atomic E-state index is -1.48. The summed E-state index contributed by atoms with van der Waals surface area (Å²) in [4.78, 5) is 20.9. The minimum absolute atomic E-state index is 0.0379. The maximum atomic E-state index is 10.6. The molecule has 2 unspecified atom stereocenters. The zero-order chi connectivity index (χ0) is 13.0. The van der Waals surface area contributed by atoms with Crippen LogP contribution in [-0.4, -0.2) is 38.8 Å². The van der Waals surface area contributed by atoms with Crippen molar-refractivity contribution >= 4 is 12.3 Å².